The van der Waals surface area contributed by atoms with Gasteiger partial charge in [0.15, 0.2) is 6.04 Å². The molecule has 1 heterocycles. The summed E-state index contributed by atoms with van der Waals surface area (Å²) in [6.07, 6.45) is 1.49. The molecule has 0 saturated heterocycles. The summed E-state index contributed by atoms with van der Waals surface area (Å²) in [6, 6.07) is 2.11. The molecule has 3 N–H and O–H groups in total. The highest BCUT2D eigenvalue weighted by Crippen LogP contribution is 1.98. The maximum atomic E-state index is 11.4. The Labute approximate surface area is 92.7 Å². The minimum atomic E-state index is -1.30. The van der Waals surface area contributed by atoms with Gasteiger partial charge in [-0.05, 0) is 19.1 Å². The van der Waals surface area contributed by atoms with Crippen molar-refractivity contribution in [1.82, 2.24) is 5.32 Å². The van der Waals surface area contributed by atoms with Crippen LogP contribution in [0.2, 0.25) is 0 Å². The number of carbonyl (C=O) groups is 2. The molecule has 0 spiro atoms. The van der Waals surface area contributed by atoms with Gasteiger partial charge in [-0.1, -0.05) is 0 Å². The van der Waals surface area contributed by atoms with Crippen molar-refractivity contribution in [2.75, 3.05) is 6.61 Å². The van der Waals surface area contributed by atoms with Crippen molar-refractivity contribution < 1.29 is 18.7 Å². The molecular weight excluding hydrogens is 212 g/mol. The lowest BCUT2D eigenvalue weighted by Gasteiger charge is -2.10. The molecule has 0 aliphatic carbocycles. The predicted octanol–water partition coefficient (Wildman–Crippen LogP) is -0.214. The van der Waals surface area contributed by atoms with Gasteiger partial charge in [0, 0.05) is 0 Å². The first-order valence-corrected chi connectivity index (χ1v) is 4.87. The standard InChI is InChI=1S/C10H14N2O4/c1-2-15-10(14)8(11)9(13)12-6-7-4-3-5-16-7/h3-5,8H,2,6,11H2,1H3,(H,12,13). The average molecular weight is 226 g/mol. The Morgan fingerprint density at radius 2 is 2.38 bits per heavy atom. The van der Waals surface area contributed by atoms with Crippen LogP contribution in [0.15, 0.2) is 22.8 Å². The molecule has 88 valence electrons. The Hall–Kier alpha value is -1.82. The maximum Gasteiger partial charge on any atom is 0.332 e. The van der Waals surface area contributed by atoms with Crippen molar-refractivity contribution in [3.8, 4) is 0 Å². The highest BCUT2D eigenvalue weighted by Gasteiger charge is 2.22. The van der Waals surface area contributed by atoms with Crippen LogP contribution in [0, 0.1) is 0 Å². The number of hydrogen-bond donors (Lipinski definition) is 2. The van der Waals surface area contributed by atoms with Gasteiger partial charge in [0.05, 0.1) is 19.4 Å². The van der Waals surface area contributed by atoms with E-state index >= 15 is 0 Å². The Bertz CT molecular complexity index is 348. The third kappa shape index (κ3) is 3.39. The molecule has 1 aromatic heterocycles. The Morgan fingerprint density at radius 1 is 1.62 bits per heavy atom. The Kier molecular flexibility index (Phi) is 4.53. The zero-order valence-corrected chi connectivity index (χ0v) is 8.93. The number of ether oxygens (including phenoxy) is 1. The molecule has 1 aromatic rings. The lowest BCUT2D eigenvalue weighted by Crippen LogP contribution is -2.46. The average Bonchev–Trinajstić information content (AvgIpc) is 2.78. The minimum absolute atomic E-state index is 0.192. The number of furan rings is 1. The lowest BCUT2D eigenvalue weighted by molar-refractivity contribution is -0.148. The van der Waals surface area contributed by atoms with Crippen molar-refractivity contribution in [2.24, 2.45) is 5.73 Å². The van der Waals surface area contributed by atoms with E-state index in [4.69, 9.17) is 10.2 Å². The van der Waals surface area contributed by atoms with Crippen molar-refractivity contribution in [3.63, 3.8) is 0 Å². The van der Waals surface area contributed by atoms with Crippen molar-refractivity contribution in [2.45, 2.75) is 19.5 Å². The molecule has 16 heavy (non-hydrogen) atoms. The molecule has 0 aliphatic heterocycles. The van der Waals surface area contributed by atoms with Crippen LogP contribution in [0.5, 0.6) is 0 Å². The van der Waals surface area contributed by atoms with Crippen LogP contribution in [0.3, 0.4) is 0 Å². The fourth-order valence-corrected chi connectivity index (χ4v) is 1.04. The van der Waals surface area contributed by atoms with Gasteiger partial charge in [0.25, 0.3) is 0 Å². The Morgan fingerprint density at radius 3 is 2.94 bits per heavy atom. The lowest BCUT2D eigenvalue weighted by atomic mass is 10.3. The summed E-state index contributed by atoms with van der Waals surface area (Å²) in [6.45, 7) is 2.03. The molecule has 0 saturated carbocycles. The number of esters is 1. The van der Waals surface area contributed by atoms with Crippen molar-refractivity contribution >= 4 is 11.9 Å². The van der Waals surface area contributed by atoms with E-state index in [1.165, 1.54) is 6.26 Å². The largest absolute Gasteiger partial charge is 0.467 e. The van der Waals surface area contributed by atoms with Crippen molar-refractivity contribution in [1.29, 1.82) is 0 Å². The summed E-state index contributed by atoms with van der Waals surface area (Å²) in [5, 5.41) is 2.47. The van der Waals surface area contributed by atoms with E-state index < -0.39 is 17.9 Å². The van der Waals surface area contributed by atoms with Gasteiger partial charge in [-0.2, -0.15) is 0 Å². The predicted molar refractivity (Wildman–Crippen MR) is 55.2 cm³/mol. The maximum absolute atomic E-state index is 11.4. The third-order valence-electron chi connectivity index (χ3n) is 1.84. The first-order valence-electron chi connectivity index (χ1n) is 4.87. The van der Waals surface area contributed by atoms with Gasteiger partial charge in [-0.3, -0.25) is 4.79 Å². The van der Waals surface area contributed by atoms with Crippen LogP contribution in [-0.4, -0.2) is 24.5 Å². The molecule has 0 fully saturated rings. The van der Waals surface area contributed by atoms with Gasteiger partial charge < -0.3 is 20.2 Å². The highest BCUT2D eigenvalue weighted by atomic mass is 16.5. The van der Waals surface area contributed by atoms with E-state index in [9.17, 15) is 9.59 Å². The molecule has 0 aliphatic rings. The molecule has 0 aromatic carbocycles. The summed E-state index contributed by atoms with van der Waals surface area (Å²) in [7, 11) is 0. The van der Waals surface area contributed by atoms with E-state index in [1.807, 2.05) is 0 Å². The first kappa shape index (κ1) is 12.3. The van der Waals surface area contributed by atoms with Gasteiger partial charge in [0.2, 0.25) is 5.91 Å². The van der Waals surface area contributed by atoms with Crippen LogP contribution >= 0.6 is 0 Å². The zero-order valence-electron chi connectivity index (χ0n) is 8.93. The third-order valence-corrected chi connectivity index (χ3v) is 1.84. The number of nitrogens with two attached hydrogens (primary N) is 1. The van der Waals surface area contributed by atoms with Gasteiger partial charge in [-0.15, -0.1) is 0 Å². The van der Waals surface area contributed by atoms with E-state index in [0.29, 0.717) is 5.76 Å². The molecular formula is C10H14N2O4. The molecule has 1 atom stereocenters. The summed E-state index contributed by atoms with van der Waals surface area (Å²) in [5.74, 6) is -0.737. The van der Waals surface area contributed by atoms with Gasteiger partial charge >= 0.3 is 5.97 Å². The van der Waals surface area contributed by atoms with Crippen LogP contribution in [-0.2, 0) is 20.9 Å². The normalized spacial score (nSPS) is 11.9. The molecule has 6 heteroatoms. The SMILES string of the molecule is CCOC(=O)C(N)C(=O)NCc1ccco1. The fraction of sp³-hybridized carbons (Fsp3) is 0.400. The second-order valence-corrected chi connectivity index (χ2v) is 3.03. The zero-order chi connectivity index (χ0) is 12.0. The molecule has 1 unspecified atom stereocenters. The Balaban J connectivity index is 2.37. The van der Waals surface area contributed by atoms with Gasteiger partial charge in [-0.25, -0.2) is 4.79 Å². The molecule has 1 amide bonds. The van der Waals surface area contributed by atoms with Crippen molar-refractivity contribution in [3.05, 3.63) is 24.2 Å². The minimum Gasteiger partial charge on any atom is -0.467 e. The smallest absolute Gasteiger partial charge is 0.332 e. The topological polar surface area (TPSA) is 94.6 Å². The highest BCUT2D eigenvalue weighted by molar-refractivity contribution is 6.01. The molecule has 6 nitrogen and oxygen atoms in total. The summed E-state index contributed by atoms with van der Waals surface area (Å²) < 4.78 is 9.61. The van der Waals surface area contributed by atoms with Crippen LogP contribution in [0.1, 0.15) is 12.7 Å². The molecule has 0 radical (unpaired) electrons. The van der Waals surface area contributed by atoms with E-state index in [-0.39, 0.29) is 13.2 Å². The van der Waals surface area contributed by atoms with Crippen LogP contribution in [0.4, 0.5) is 0 Å². The van der Waals surface area contributed by atoms with Gasteiger partial charge in [0.1, 0.15) is 5.76 Å². The monoisotopic (exact) mass is 226 g/mol. The summed E-state index contributed by atoms with van der Waals surface area (Å²) in [4.78, 5) is 22.5. The molecule has 1 rings (SSSR count). The summed E-state index contributed by atoms with van der Waals surface area (Å²) >= 11 is 0. The molecule has 0 bridgehead atoms. The second kappa shape index (κ2) is 5.92. The van der Waals surface area contributed by atoms with E-state index in [1.54, 1.807) is 19.1 Å². The van der Waals surface area contributed by atoms with E-state index in [0.717, 1.165) is 0 Å². The van der Waals surface area contributed by atoms with Crippen LogP contribution < -0.4 is 11.1 Å². The number of nitrogens with one attached hydrogen (secondary N) is 1. The first-order chi connectivity index (χ1) is 7.65. The number of hydrogen-bond acceptors (Lipinski definition) is 5. The fourth-order valence-electron chi connectivity index (χ4n) is 1.04. The van der Waals surface area contributed by atoms with Crippen LogP contribution in [0.25, 0.3) is 0 Å². The second-order valence-electron chi connectivity index (χ2n) is 3.03. The van der Waals surface area contributed by atoms with E-state index in [2.05, 4.69) is 10.1 Å². The summed E-state index contributed by atoms with van der Waals surface area (Å²) in [5.41, 5.74) is 5.37. The quantitative estimate of drug-likeness (QED) is 0.535. The number of carbonyl (C=O) groups excluding carboxylic acids is 2. The number of rotatable bonds is 5. The number of amides is 1.